The largest absolute Gasteiger partial charge is 0.337 e. The predicted molar refractivity (Wildman–Crippen MR) is 80.4 cm³/mol. The molecule has 4 heteroatoms. The molecule has 19 heavy (non-hydrogen) atoms. The number of pyridine rings is 1. The van der Waals surface area contributed by atoms with E-state index < -0.39 is 0 Å². The first-order valence-corrected chi connectivity index (χ1v) is 7.13. The van der Waals surface area contributed by atoms with Crippen LogP contribution in [0.4, 0.5) is 15.9 Å². The third-order valence-corrected chi connectivity index (χ3v) is 3.48. The number of nitrogens with one attached hydrogen (secondary N) is 1. The van der Waals surface area contributed by atoms with Gasteiger partial charge in [0, 0.05) is 16.4 Å². The fourth-order valence-electron chi connectivity index (χ4n) is 2.03. The van der Waals surface area contributed by atoms with E-state index in [4.69, 9.17) is 0 Å². The van der Waals surface area contributed by atoms with Crippen LogP contribution in [0.5, 0.6) is 0 Å². The number of para-hydroxylation sites is 1. The molecule has 0 saturated carbocycles. The number of hydrogen-bond acceptors (Lipinski definition) is 2. The lowest BCUT2D eigenvalue weighted by Gasteiger charge is -2.15. The van der Waals surface area contributed by atoms with Crippen molar-refractivity contribution in [2.75, 3.05) is 5.32 Å². The van der Waals surface area contributed by atoms with Crippen LogP contribution >= 0.6 is 15.9 Å². The van der Waals surface area contributed by atoms with E-state index in [2.05, 4.69) is 52.2 Å². The van der Waals surface area contributed by atoms with Crippen LogP contribution < -0.4 is 5.32 Å². The summed E-state index contributed by atoms with van der Waals surface area (Å²) in [5.74, 6) is -0.0962. The molecule has 0 unspecified atom stereocenters. The summed E-state index contributed by atoms with van der Waals surface area (Å²) in [7, 11) is 0. The Morgan fingerprint density at radius 1 is 1.21 bits per heavy atom. The summed E-state index contributed by atoms with van der Waals surface area (Å²) >= 11 is 3.21. The highest BCUT2D eigenvalue weighted by molar-refractivity contribution is 9.10. The molecule has 2 aromatic rings. The topological polar surface area (TPSA) is 24.9 Å². The molecule has 0 radical (unpaired) electrons. The molecule has 0 amide bonds. The third kappa shape index (κ3) is 3.13. The van der Waals surface area contributed by atoms with Crippen LogP contribution in [0.2, 0.25) is 0 Å². The number of benzene rings is 1. The summed E-state index contributed by atoms with van der Waals surface area (Å²) in [4.78, 5) is 4.09. The van der Waals surface area contributed by atoms with E-state index in [0.29, 0.717) is 4.47 Å². The zero-order valence-corrected chi connectivity index (χ0v) is 12.6. The lowest BCUT2D eigenvalue weighted by Crippen LogP contribution is -2.03. The summed E-state index contributed by atoms with van der Waals surface area (Å²) < 4.78 is 14.5. The van der Waals surface area contributed by atoms with Gasteiger partial charge in [-0.15, -0.1) is 0 Å². The quantitative estimate of drug-likeness (QED) is 0.870. The first-order valence-electron chi connectivity index (χ1n) is 6.34. The number of rotatable bonds is 4. The van der Waals surface area contributed by atoms with Crippen molar-refractivity contribution in [3.05, 3.63) is 51.9 Å². The molecule has 0 aliphatic heterocycles. The number of aryl methyl sites for hydroxylation is 2. The van der Waals surface area contributed by atoms with Gasteiger partial charge in [-0.05, 0) is 46.0 Å². The average Bonchev–Trinajstić information content (AvgIpc) is 2.42. The molecule has 0 spiro atoms. The third-order valence-electron chi connectivity index (χ3n) is 3.05. The Balaban J connectivity index is 2.42. The number of hydrogen-bond donors (Lipinski definition) is 1. The van der Waals surface area contributed by atoms with Crippen LogP contribution in [0, 0.1) is 5.82 Å². The molecule has 1 N–H and O–H groups in total. The first-order chi connectivity index (χ1) is 9.15. The number of nitrogens with zero attached hydrogens (tertiary/aromatic N) is 1. The average molecular weight is 323 g/mol. The summed E-state index contributed by atoms with van der Waals surface area (Å²) in [6.07, 6.45) is 3.38. The van der Waals surface area contributed by atoms with E-state index in [1.54, 1.807) is 6.20 Å². The Morgan fingerprint density at radius 3 is 2.37 bits per heavy atom. The Kier molecular flexibility index (Phi) is 4.53. The Bertz CT molecular complexity index is 562. The number of anilines is 2. The fraction of sp³-hybridized carbons (Fsp3) is 0.267. The van der Waals surface area contributed by atoms with Crippen LogP contribution in [-0.2, 0) is 12.8 Å². The van der Waals surface area contributed by atoms with Crippen LogP contribution in [0.1, 0.15) is 25.0 Å². The zero-order valence-electron chi connectivity index (χ0n) is 11.0. The van der Waals surface area contributed by atoms with Gasteiger partial charge in [0.25, 0.3) is 0 Å². The normalized spacial score (nSPS) is 10.5. The molecule has 0 bridgehead atoms. The van der Waals surface area contributed by atoms with E-state index in [0.717, 1.165) is 18.5 Å². The molecule has 1 heterocycles. The number of aromatic nitrogens is 1. The van der Waals surface area contributed by atoms with Crippen molar-refractivity contribution in [2.24, 2.45) is 0 Å². The molecule has 1 aromatic carbocycles. The van der Waals surface area contributed by atoms with Gasteiger partial charge < -0.3 is 5.32 Å². The van der Waals surface area contributed by atoms with Gasteiger partial charge >= 0.3 is 0 Å². The lowest BCUT2D eigenvalue weighted by atomic mass is 10.0. The van der Waals surface area contributed by atoms with Crippen LogP contribution in [0.25, 0.3) is 0 Å². The predicted octanol–water partition coefficient (Wildman–Crippen LogP) is 4.85. The van der Waals surface area contributed by atoms with Crippen LogP contribution in [0.3, 0.4) is 0 Å². The van der Waals surface area contributed by atoms with Crippen molar-refractivity contribution < 1.29 is 4.39 Å². The van der Waals surface area contributed by atoms with Crippen LogP contribution in [-0.4, -0.2) is 4.98 Å². The van der Waals surface area contributed by atoms with Crippen molar-refractivity contribution in [1.82, 2.24) is 4.98 Å². The van der Waals surface area contributed by atoms with Crippen molar-refractivity contribution >= 4 is 27.4 Å². The fourth-order valence-corrected chi connectivity index (χ4v) is 2.33. The molecule has 0 aliphatic carbocycles. The van der Waals surface area contributed by atoms with Gasteiger partial charge in [0.1, 0.15) is 0 Å². The second-order valence-corrected chi connectivity index (χ2v) is 5.18. The minimum atomic E-state index is -0.359. The summed E-state index contributed by atoms with van der Waals surface area (Å²) in [6, 6.07) is 7.56. The second-order valence-electron chi connectivity index (χ2n) is 4.27. The first kappa shape index (κ1) is 14.0. The van der Waals surface area contributed by atoms with Gasteiger partial charge in [0.2, 0.25) is 0 Å². The molecule has 2 nitrogen and oxygen atoms in total. The van der Waals surface area contributed by atoms with Crippen molar-refractivity contribution in [3.8, 4) is 0 Å². The minimum absolute atomic E-state index is 0.263. The molecular formula is C15H16BrFN2. The maximum absolute atomic E-state index is 13.9. The summed E-state index contributed by atoms with van der Waals surface area (Å²) in [5, 5.41) is 3.13. The highest BCUT2D eigenvalue weighted by Gasteiger charge is 2.10. The van der Waals surface area contributed by atoms with Crippen molar-refractivity contribution in [3.63, 3.8) is 0 Å². The Labute approximate surface area is 121 Å². The Morgan fingerprint density at radius 2 is 1.84 bits per heavy atom. The van der Waals surface area contributed by atoms with Gasteiger partial charge in [-0.1, -0.05) is 32.0 Å². The number of halogens is 2. The van der Waals surface area contributed by atoms with Gasteiger partial charge in [-0.2, -0.15) is 0 Å². The zero-order chi connectivity index (χ0) is 13.8. The van der Waals surface area contributed by atoms with E-state index in [9.17, 15) is 4.39 Å². The molecule has 0 aliphatic rings. The maximum Gasteiger partial charge on any atom is 0.166 e. The molecule has 100 valence electrons. The van der Waals surface area contributed by atoms with E-state index in [1.165, 1.54) is 17.2 Å². The molecular weight excluding hydrogens is 307 g/mol. The van der Waals surface area contributed by atoms with Crippen LogP contribution in [0.15, 0.2) is 34.9 Å². The Hall–Kier alpha value is -1.42. The molecule has 0 atom stereocenters. The van der Waals surface area contributed by atoms with E-state index >= 15 is 0 Å². The highest BCUT2D eigenvalue weighted by atomic mass is 79.9. The molecule has 2 rings (SSSR count). The maximum atomic E-state index is 13.9. The highest BCUT2D eigenvalue weighted by Crippen LogP contribution is 2.27. The lowest BCUT2D eigenvalue weighted by molar-refractivity contribution is 0.625. The van der Waals surface area contributed by atoms with Gasteiger partial charge in [-0.25, -0.2) is 9.37 Å². The van der Waals surface area contributed by atoms with Gasteiger partial charge in [0.05, 0.1) is 0 Å². The van der Waals surface area contributed by atoms with Crippen molar-refractivity contribution in [2.45, 2.75) is 26.7 Å². The van der Waals surface area contributed by atoms with Gasteiger partial charge in [0.15, 0.2) is 11.6 Å². The molecule has 0 fully saturated rings. The van der Waals surface area contributed by atoms with E-state index in [1.807, 2.05) is 6.07 Å². The monoisotopic (exact) mass is 322 g/mol. The SMILES string of the molecule is CCc1cccc(CC)c1Nc1ncc(Br)cc1F. The summed E-state index contributed by atoms with van der Waals surface area (Å²) in [5.41, 5.74) is 3.31. The van der Waals surface area contributed by atoms with E-state index in [-0.39, 0.29) is 11.6 Å². The van der Waals surface area contributed by atoms with Gasteiger partial charge in [-0.3, -0.25) is 0 Å². The minimum Gasteiger partial charge on any atom is -0.337 e. The second kappa shape index (κ2) is 6.15. The molecule has 1 aromatic heterocycles. The molecule has 0 saturated heterocycles. The smallest absolute Gasteiger partial charge is 0.166 e. The standard InChI is InChI=1S/C15H16BrFN2/c1-3-10-6-5-7-11(4-2)14(10)19-15-13(17)8-12(16)9-18-15/h5-9H,3-4H2,1-2H3,(H,18,19). The summed E-state index contributed by atoms with van der Waals surface area (Å²) in [6.45, 7) is 4.18. The van der Waals surface area contributed by atoms with Crippen molar-refractivity contribution in [1.29, 1.82) is 0 Å².